The molecule has 1 aromatic carbocycles. The van der Waals surface area contributed by atoms with Crippen molar-refractivity contribution >= 4 is 46.3 Å². The Morgan fingerprint density at radius 3 is 2.90 bits per heavy atom. The summed E-state index contributed by atoms with van der Waals surface area (Å²) in [5.41, 5.74) is 1.90. The Labute approximate surface area is 137 Å². The zero-order valence-corrected chi connectivity index (χ0v) is 13.7. The number of nitrogens with zero attached hydrogens (tertiary/aromatic N) is 1. The number of anilines is 1. The Kier molecular flexibility index (Phi) is 4.11. The molecule has 1 aromatic heterocycles. The second-order valence-electron chi connectivity index (χ2n) is 4.98. The van der Waals surface area contributed by atoms with Crippen molar-refractivity contribution in [2.75, 3.05) is 11.9 Å². The van der Waals surface area contributed by atoms with Crippen molar-refractivity contribution in [1.29, 1.82) is 0 Å². The summed E-state index contributed by atoms with van der Waals surface area (Å²) in [6.45, 7) is 2.78. The zero-order chi connectivity index (χ0) is 15.0. The lowest BCUT2D eigenvalue weighted by Gasteiger charge is -2.33. The van der Waals surface area contributed by atoms with Crippen LogP contribution in [0.3, 0.4) is 0 Å². The molecule has 0 saturated carbocycles. The van der Waals surface area contributed by atoms with Gasteiger partial charge in [0.1, 0.15) is 0 Å². The molecule has 2 amide bonds. The second-order valence-corrected chi connectivity index (χ2v) is 6.79. The standard InChI is InChI=1S/C15H14Cl2N2OS/c1-9-11-5-7-21-14(11)4-6-19(9)15(20)18-10-2-3-12(16)13(17)8-10/h2-3,5,7-9H,4,6H2,1H3,(H,18,20)/t9-/m0/s1. The van der Waals surface area contributed by atoms with E-state index in [0.717, 1.165) is 13.0 Å². The number of halogens is 2. The van der Waals surface area contributed by atoms with Crippen molar-refractivity contribution in [3.63, 3.8) is 0 Å². The van der Waals surface area contributed by atoms with Crippen molar-refractivity contribution in [3.8, 4) is 0 Å². The van der Waals surface area contributed by atoms with Gasteiger partial charge < -0.3 is 10.2 Å². The summed E-state index contributed by atoms with van der Waals surface area (Å²) in [5.74, 6) is 0. The molecule has 0 unspecified atom stereocenters. The number of urea groups is 1. The van der Waals surface area contributed by atoms with Crippen LogP contribution in [0.1, 0.15) is 23.4 Å². The third kappa shape index (κ3) is 2.89. The maximum atomic E-state index is 12.4. The summed E-state index contributed by atoms with van der Waals surface area (Å²) in [6, 6.07) is 7.16. The van der Waals surface area contributed by atoms with Crippen LogP contribution in [0.2, 0.25) is 10.0 Å². The van der Waals surface area contributed by atoms with E-state index in [9.17, 15) is 4.79 Å². The molecule has 1 N–H and O–H groups in total. The molecule has 0 aliphatic carbocycles. The number of nitrogens with one attached hydrogen (secondary N) is 1. The average molecular weight is 341 g/mol. The van der Waals surface area contributed by atoms with Gasteiger partial charge in [-0.2, -0.15) is 0 Å². The first-order chi connectivity index (χ1) is 10.1. The number of hydrogen-bond acceptors (Lipinski definition) is 2. The van der Waals surface area contributed by atoms with Crippen LogP contribution in [0.15, 0.2) is 29.6 Å². The molecule has 2 heterocycles. The smallest absolute Gasteiger partial charge is 0.317 e. The molecule has 1 aliphatic heterocycles. The number of thiophene rings is 1. The molecule has 0 fully saturated rings. The van der Waals surface area contributed by atoms with E-state index >= 15 is 0 Å². The molecule has 0 bridgehead atoms. The lowest BCUT2D eigenvalue weighted by Crippen LogP contribution is -2.40. The van der Waals surface area contributed by atoms with Crippen LogP contribution < -0.4 is 5.32 Å². The number of benzene rings is 1. The van der Waals surface area contributed by atoms with E-state index in [-0.39, 0.29) is 12.1 Å². The molecular formula is C15H14Cl2N2OS. The van der Waals surface area contributed by atoms with Crippen LogP contribution in [0.4, 0.5) is 10.5 Å². The van der Waals surface area contributed by atoms with Crippen molar-refractivity contribution in [2.45, 2.75) is 19.4 Å². The normalized spacial score (nSPS) is 17.5. The molecule has 3 rings (SSSR count). The van der Waals surface area contributed by atoms with Gasteiger partial charge >= 0.3 is 6.03 Å². The number of rotatable bonds is 1. The third-order valence-corrected chi connectivity index (χ3v) is 5.44. The maximum Gasteiger partial charge on any atom is 0.322 e. The Bertz CT molecular complexity index is 686. The average Bonchev–Trinajstić information content (AvgIpc) is 2.92. The maximum absolute atomic E-state index is 12.4. The summed E-state index contributed by atoms with van der Waals surface area (Å²) < 4.78 is 0. The van der Waals surface area contributed by atoms with E-state index in [1.165, 1.54) is 10.4 Å². The molecule has 0 saturated heterocycles. The van der Waals surface area contributed by atoms with E-state index in [0.29, 0.717) is 15.7 Å². The number of hydrogen-bond donors (Lipinski definition) is 1. The van der Waals surface area contributed by atoms with Gasteiger partial charge in [0.25, 0.3) is 0 Å². The lowest BCUT2D eigenvalue weighted by atomic mass is 10.0. The van der Waals surface area contributed by atoms with Gasteiger partial charge in [-0.15, -0.1) is 11.3 Å². The van der Waals surface area contributed by atoms with Crippen molar-refractivity contribution < 1.29 is 4.79 Å². The molecule has 21 heavy (non-hydrogen) atoms. The molecule has 1 atom stereocenters. The Morgan fingerprint density at radius 1 is 1.33 bits per heavy atom. The summed E-state index contributed by atoms with van der Waals surface area (Å²) >= 11 is 13.6. The first-order valence-corrected chi connectivity index (χ1v) is 8.29. The fraction of sp³-hybridized carbons (Fsp3) is 0.267. The van der Waals surface area contributed by atoms with Gasteiger partial charge in [0.05, 0.1) is 16.1 Å². The predicted molar refractivity (Wildman–Crippen MR) is 88.6 cm³/mol. The van der Waals surface area contributed by atoms with Crippen LogP contribution in [0.5, 0.6) is 0 Å². The number of fused-ring (bicyclic) bond motifs is 1. The SMILES string of the molecule is C[C@H]1c2ccsc2CCN1C(=O)Nc1ccc(Cl)c(Cl)c1. The molecule has 6 heteroatoms. The molecular weight excluding hydrogens is 327 g/mol. The van der Waals surface area contributed by atoms with E-state index < -0.39 is 0 Å². The van der Waals surface area contributed by atoms with Crippen LogP contribution in [-0.4, -0.2) is 17.5 Å². The van der Waals surface area contributed by atoms with Crippen LogP contribution >= 0.6 is 34.5 Å². The fourth-order valence-electron chi connectivity index (χ4n) is 2.56. The van der Waals surface area contributed by atoms with Gasteiger partial charge in [0, 0.05) is 17.1 Å². The Balaban J connectivity index is 1.75. The van der Waals surface area contributed by atoms with Gasteiger partial charge in [-0.25, -0.2) is 4.79 Å². The summed E-state index contributed by atoms with van der Waals surface area (Å²) in [5, 5.41) is 5.87. The van der Waals surface area contributed by atoms with Crippen LogP contribution in [-0.2, 0) is 6.42 Å². The van der Waals surface area contributed by atoms with E-state index in [2.05, 4.69) is 23.7 Å². The topological polar surface area (TPSA) is 32.3 Å². The van der Waals surface area contributed by atoms with E-state index in [1.54, 1.807) is 29.5 Å². The third-order valence-electron chi connectivity index (χ3n) is 3.71. The molecule has 3 nitrogen and oxygen atoms in total. The predicted octanol–water partition coefficient (Wildman–Crippen LogP) is 5.21. The van der Waals surface area contributed by atoms with Crippen LogP contribution in [0, 0.1) is 0 Å². The minimum Gasteiger partial charge on any atom is -0.317 e. The highest BCUT2D eigenvalue weighted by Crippen LogP contribution is 2.33. The zero-order valence-electron chi connectivity index (χ0n) is 11.4. The molecule has 2 aromatic rings. The summed E-state index contributed by atoms with van der Waals surface area (Å²) in [4.78, 5) is 15.7. The van der Waals surface area contributed by atoms with E-state index in [1.807, 2.05) is 4.90 Å². The number of amides is 2. The van der Waals surface area contributed by atoms with Gasteiger partial charge in [-0.05, 0) is 48.6 Å². The fourth-order valence-corrected chi connectivity index (χ4v) is 3.82. The first kappa shape index (κ1) is 14.7. The van der Waals surface area contributed by atoms with Crippen molar-refractivity contribution in [2.24, 2.45) is 0 Å². The Hall–Kier alpha value is -1.23. The van der Waals surface area contributed by atoms with Gasteiger partial charge in [0.15, 0.2) is 0 Å². The molecule has 110 valence electrons. The highest BCUT2D eigenvalue weighted by molar-refractivity contribution is 7.10. The second kappa shape index (κ2) is 5.87. The van der Waals surface area contributed by atoms with Crippen molar-refractivity contribution in [3.05, 3.63) is 50.1 Å². The summed E-state index contributed by atoms with van der Waals surface area (Å²) in [6.07, 6.45) is 0.909. The monoisotopic (exact) mass is 340 g/mol. The molecule has 0 spiro atoms. The number of carbonyl (C=O) groups is 1. The van der Waals surface area contributed by atoms with Gasteiger partial charge in [-0.1, -0.05) is 23.2 Å². The van der Waals surface area contributed by atoms with E-state index in [4.69, 9.17) is 23.2 Å². The van der Waals surface area contributed by atoms with Gasteiger partial charge in [0.2, 0.25) is 0 Å². The lowest BCUT2D eigenvalue weighted by molar-refractivity contribution is 0.189. The van der Waals surface area contributed by atoms with Gasteiger partial charge in [-0.3, -0.25) is 0 Å². The quantitative estimate of drug-likeness (QED) is 0.759. The molecule has 1 aliphatic rings. The molecule has 0 radical (unpaired) electrons. The minimum atomic E-state index is -0.113. The van der Waals surface area contributed by atoms with Crippen molar-refractivity contribution in [1.82, 2.24) is 4.90 Å². The van der Waals surface area contributed by atoms with Crippen LogP contribution in [0.25, 0.3) is 0 Å². The minimum absolute atomic E-state index is 0.0859. The largest absolute Gasteiger partial charge is 0.322 e. The summed E-state index contributed by atoms with van der Waals surface area (Å²) in [7, 11) is 0. The highest BCUT2D eigenvalue weighted by atomic mass is 35.5. The highest BCUT2D eigenvalue weighted by Gasteiger charge is 2.28. The first-order valence-electron chi connectivity index (χ1n) is 6.65. The number of carbonyl (C=O) groups excluding carboxylic acids is 1. The Morgan fingerprint density at radius 2 is 2.14 bits per heavy atom.